The molecule has 0 spiro atoms. The molecule has 1 aromatic carbocycles. The van der Waals surface area contributed by atoms with E-state index in [9.17, 15) is 4.39 Å². The Kier molecular flexibility index (Phi) is 4.52. The van der Waals surface area contributed by atoms with Gasteiger partial charge in [0, 0.05) is 5.02 Å². The van der Waals surface area contributed by atoms with Crippen LogP contribution in [0.3, 0.4) is 0 Å². The van der Waals surface area contributed by atoms with Crippen molar-refractivity contribution in [3.8, 4) is 0 Å². The van der Waals surface area contributed by atoms with Gasteiger partial charge in [-0.2, -0.15) is 0 Å². The zero-order valence-electron chi connectivity index (χ0n) is 11.8. The van der Waals surface area contributed by atoms with Crippen LogP contribution >= 0.6 is 11.6 Å². The number of benzene rings is 1. The Morgan fingerprint density at radius 1 is 1.37 bits per heavy atom. The second-order valence-corrected chi connectivity index (χ2v) is 7.04. The third-order valence-corrected chi connectivity index (χ3v) is 4.71. The molecule has 19 heavy (non-hydrogen) atoms. The molecule has 0 aliphatic heterocycles. The lowest BCUT2D eigenvalue weighted by atomic mass is 9.65. The fourth-order valence-corrected chi connectivity index (χ4v) is 3.47. The Labute approximate surface area is 120 Å². The Morgan fingerprint density at radius 2 is 2.11 bits per heavy atom. The molecular weight excluding hydrogens is 261 g/mol. The molecule has 2 rings (SSSR count). The first-order valence-electron chi connectivity index (χ1n) is 7.05. The second-order valence-electron chi connectivity index (χ2n) is 6.60. The Bertz CT molecular complexity index is 444. The van der Waals surface area contributed by atoms with Crippen LogP contribution in [0, 0.1) is 23.1 Å². The highest BCUT2D eigenvalue weighted by Gasteiger charge is 2.34. The molecule has 2 N–H and O–H groups in total. The summed E-state index contributed by atoms with van der Waals surface area (Å²) in [5.74, 6) is 0.805. The zero-order chi connectivity index (χ0) is 14.0. The average molecular weight is 284 g/mol. The van der Waals surface area contributed by atoms with Crippen LogP contribution in [0.25, 0.3) is 0 Å². The maximum Gasteiger partial charge on any atom is 0.127 e. The maximum atomic E-state index is 13.9. The van der Waals surface area contributed by atoms with Crippen LogP contribution in [0.2, 0.25) is 5.02 Å². The average Bonchev–Trinajstić information content (AvgIpc) is 2.32. The normalized spacial score (nSPS) is 26.4. The summed E-state index contributed by atoms with van der Waals surface area (Å²) in [4.78, 5) is 0. The molecule has 1 saturated carbocycles. The van der Waals surface area contributed by atoms with E-state index in [4.69, 9.17) is 17.3 Å². The first-order valence-corrected chi connectivity index (χ1v) is 7.43. The summed E-state index contributed by atoms with van der Waals surface area (Å²) < 4.78 is 13.9. The molecule has 1 aliphatic carbocycles. The molecular formula is C16H23ClFN. The number of nitrogens with two attached hydrogens (primary N) is 1. The van der Waals surface area contributed by atoms with E-state index in [1.54, 1.807) is 6.07 Å². The van der Waals surface area contributed by atoms with Crippen molar-refractivity contribution in [3.05, 3.63) is 34.6 Å². The van der Waals surface area contributed by atoms with E-state index in [2.05, 4.69) is 13.8 Å². The molecule has 2 atom stereocenters. The molecule has 0 heterocycles. The lowest BCUT2D eigenvalue weighted by molar-refractivity contribution is 0.121. The van der Waals surface area contributed by atoms with Crippen molar-refractivity contribution in [2.75, 3.05) is 6.54 Å². The van der Waals surface area contributed by atoms with E-state index in [1.165, 1.54) is 12.5 Å². The first kappa shape index (κ1) is 14.8. The highest BCUT2D eigenvalue weighted by atomic mass is 35.5. The van der Waals surface area contributed by atoms with Gasteiger partial charge < -0.3 is 5.73 Å². The summed E-state index contributed by atoms with van der Waals surface area (Å²) in [5, 5.41) is 0.459. The van der Waals surface area contributed by atoms with Gasteiger partial charge in [0.25, 0.3) is 0 Å². The highest BCUT2D eigenvalue weighted by molar-refractivity contribution is 6.30. The van der Waals surface area contributed by atoms with E-state index in [0.29, 0.717) is 28.8 Å². The minimum atomic E-state index is -0.188. The Morgan fingerprint density at radius 3 is 2.74 bits per heavy atom. The topological polar surface area (TPSA) is 26.0 Å². The van der Waals surface area contributed by atoms with Crippen molar-refractivity contribution < 1.29 is 4.39 Å². The first-order chi connectivity index (χ1) is 8.91. The summed E-state index contributed by atoms with van der Waals surface area (Å²) in [7, 11) is 0. The van der Waals surface area contributed by atoms with E-state index in [0.717, 1.165) is 24.8 Å². The van der Waals surface area contributed by atoms with Crippen LogP contribution in [0.4, 0.5) is 4.39 Å². The van der Waals surface area contributed by atoms with Crippen LogP contribution in [-0.2, 0) is 6.42 Å². The zero-order valence-corrected chi connectivity index (χ0v) is 12.5. The molecule has 2 unspecified atom stereocenters. The second kappa shape index (κ2) is 5.80. The minimum absolute atomic E-state index is 0.188. The summed E-state index contributed by atoms with van der Waals surface area (Å²) in [6, 6.07) is 4.99. The number of halogens is 2. The van der Waals surface area contributed by atoms with Crippen molar-refractivity contribution in [1.29, 1.82) is 0 Å². The van der Waals surface area contributed by atoms with Gasteiger partial charge in [-0.05, 0) is 67.2 Å². The van der Waals surface area contributed by atoms with Gasteiger partial charge in [-0.1, -0.05) is 31.5 Å². The van der Waals surface area contributed by atoms with E-state index in [1.807, 2.05) is 6.07 Å². The van der Waals surface area contributed by atoms with Gasteiger partial charge >= 0.3 is 0 Å². The summed E-state index contributed by atoms with van der Waals surface area (Å²) in [5.41, 5.74) is 7.00. The maximum absolute atomic E-state index is 13.9. The molecule has 1 aliphatic rings. The van der Waals surface area contributed by atoms with Crippen LogP contribution in [0.15, 0.2) is 18.2 Å². The van der Waals surface area contributed by atoms with Crippen LogP contribution in [0.1, 0.15) is 38.7 Å². The lowest BCUT2D eigenvalue weighted by Gasteiger charge is -2.40. The van der Waals surface area contributed by atoms with Crippen molar-refractivity contribution in [2.45, 2.75) is 39.5 Å². The summed E-state index contributed by atoms with van der Waals surface area (Å²) >= 11 is 5.80. The number of rotatable bonds is 3. The fourth-order valence-electron chi connectivity index (χ4n) is 3.31. The standard InChI is InChI=1S/C16H23ClFN/c1-16(2)6-5-12(10-19)13(9-16)7-11-3-4-14(17)8-15(11)18/h3-4,8,12-13H,5-7,9-10,19H2,1-2H3. The fraction of sp³-hybridized carbons (Fsp3) is 0.625. The minimum Gasteiger partial charge on any atom is -0.330 e. The van der Waals surface area contributed by atoms with Gasteiger partial charge in [0.2, 0.25) is 0 Å². The van der Waals surface area contributed by atoms with E-state index >= 15 is 0 Å². The van der Waals surface area contributed by atoms with Gasteiger partial charge in [0.05, 0.1) is 0 Å². The van der Waals surface area contributed by atoms with Gasteiger partial charge in [-0.3, -0.25) is 0 Å². The molecule has 0 bridgehead atoms. The summed E-state index contributed by atoms with van der Waals surface area (Å²) in [6.07, 6.45) is 4.27. The van der Waals surface area contributed by atoms with Crippen molar-refractivity contribution in [2.24, 2.45) is 23.0 Å². The van der Waals surface area contributed by atoms with Gasteiger partial charge in [0.1, 0.15) is 5.82 Å². The van der Waals surface area contributed by atoms with Crippen LogP contribution in [0.5, 0.6) is 0 Å². The van der Waals surface area contributed by atoms with Crippen LogP contribution < -0.4 is 5.73 Å². The van der Waals surface area contributed by atoms with Crippen molar-refractivity contribution in [3.63, 3.8) is 0 Å². The third-order valence-electron chi connectivity index (χ3n) is 4.47. The SMILES string of the molecule is CC1(C)CCC(CN)C(Cc2ccc(Cl)cc2F)C1. The molecule has 1 aromatic rings. The van der Waals surface area contributed by atoms with Crippen molar-refractivity contribution >= 4 is 11.6 Å². The van der Waals surface area contributed by atoms with Crippen LogP contribution in [-0.4, -0.2) is 6.54 Å². The monoisotopic (exact) mass is 283 g/mol. The number of hydrogen-bond acceptors (Lipinski definition) is 1. The molecule has 106 valence electrons. The third kappa shape index (κ3) is 3.70. The lowest BCUT2D eigenvalue weighted by Crippen LogP contribution is -2.35. The Balaban J connectivity index is 2.14. The number of hydrogen-bond donors (Lipinski definition) is 1. The van der Waals surface area contributed by atoms with E-state index < -0.39 is 0 Å². The quantitative estimate of drug-likeness (QED) is 0.873. The smallest absolute Gasteiger partial charge is 0.127 e. The molecule has 0 saturated heterocycles. The molecule has 3 heteroatoms. The predicted octanol–water partition coefficient (Wildman–Crippen LogP) is 4.42. The van der Waals surface area contributed by atoms with Crippen molar-refractivity contribution in [1.82, 2.24) is 0 Å². The molecule has 0 amide bonds. The highest BCUT2D eigenvalue weighted by Crippen LogP contribution is 2.43. The molecule has 0 aromatic heterocycles. The molecule has 1 nitrogen and oxygen atoms in total. The van der Waals surface area contributed by atoms with Gasteiger partial charge in [-0.15, -0.1) is 0 Å². The van der Waals surface area contributed by atoms with Gasteiger partial charge in [0.15, 0.2) is 0 Å². The molecule has 1 fully saturated rings. The largest absolute Gasteiger partial charge is 0.330 e. The van der Waals surface area contributed by atoms with Gasteiger partial charge in [-0.25, -0.2) is 4.39 Å². The predicted molar refractivity (Wildman–Crippen MR) is 78.8 cm³/mol. The summed E-state index contributed by atoms with van der Waals surface area (Å²) in [6.45, 7) is 5.30. The molecule has 0 radical (unpaired) electrons. The van der Waals surface area contributed by atoms with E-state index in [-0.39, 0.29) is 5.82 Å². The Hall–Kier alpha value is -0.600.